The largest absolute Gasteiger partial charge is 0.465 e. The van der Waals surface area contributed by atoms with Crippen LogP contribution in [0.25, 0.3) is 0 Å². The Labute approximate surface area is 117 Å². The van der Waals surface area contributed by atoms with E-state index in [0.717, 1.165) is 4.31 Å². The molecule has 0 fully saturated rings. The number of hydrogen-bond donors (Lipinski definition) is 1. The molecule has 0 saturated heterocycles. The average Bonchev–Trinajstić information content (AvgIpc) is 2.43. The fourth-order valence-electron chi connectivity index (χ4n) is 1.52. The molecule has 7 nitrogen and oxygen atoms in total. The van der Waals surface area contributed by atoms with E-state index in [4.69, 9.17) is 11.0 Å². The Bertz CT molecular complexity index is 649. The van der Waals surface area contributed by atoms with Crippen molar-refractivity contribution in [1.29, 1.82) is 5.26 Å². The maximum Gasteiger partial charge on any atom is 0.337 e. The Kier molecular flexibility index (Phi) is 5.07. The standard InChI is InChI=1S/C12H15N3O4S/c1-15(7-3-6-13)20(17,18)11-5-4-9(8-10(11)14)12(16)19-2/h4-5,8H,3,7,14H2,1-2H3. The van der Waals surface area contributed by atoms with Crippen LogP contribution in [0, 0.1) is 11.3 Å². The van der Waals surface area contributed by atoms with E-state index in [1.165, 1.54) is 32.4 Å². The van der Waals surface area contributed by atoms with E-state index in [1.54, 1.807) is 0 Å². The number of carbonyl (C=O) groups excluding carboxylic acids is 1. The van der Waals surface area contributed by atoms with Crippen molar-refractivity contribution in [3.8, 4) is 6.07 Å². The van der Waals surface area contributed by atoms with E-state index < -0.39 is 16.0 Å². The number of hydrogen-bond acceptors (Lipinski definition) is 6. The van der Waals surface area contributed by atoms with Gasteiger partial charge in [0.1, 0.15) is 4.90 Å². The molecule has 1 aromatic rings. The van der Waals surface area contributed by atoms with Gasteiger partial charge in [-0.25, -0.2) is 13.2 Å². The molecule has 0 saturated carbocycles. The zero-order chi connectivity index (χ0) is 15.3. The summed E-state index contributed by atoms with van der Waals surface area (Å²) in [6.07, 6.45) is 0.0792. The third kappa shape index (κ3) is 3.26. The molecule has 8 heteroatoms. The molecule has 0 spiro atoms. The number of methoxy groups -OCH3 is 1. The van der Waals surface area contributed by atoms with Crippen LogP contribution in [0.2, 0.25) is 0 Å². The highest BCUT2D eigenvalue weighted by atomic mass is 32.2. The number of esters is 1. The SMILES string of the molecule is COC(=O)c1ccc(S(=O)(=O)N(C)CCC#N)c(N)c1. The molecule has 0 aliphatic carbocycles. The zero-order valence-electron chi connectivity index (χ0n) is 11.2. The first-order chi connectivity index (χ1) is 9.34. The lowest BCUT2D eigenvalue weighted by Crippen LogP contribution is -2.28. The minimum absolute atomic E-state index is 0.0447. The van der Waals surface area contributed by atoms with E-state index in [-0.39, 0.29) is 29.1 Å². The number of nitrogens with zero attached hydrogens (tertiary/aromatic N) is 2. The molecule has 108 valence electrons. The fraction of sp³-hybridized carbons (Fsp3) is 0.333. The number of nitrogen functional groups attached to an aromatic ring is 1. The van der Waals surface area contributed by atoms with Gasteiger partial charge in [0.05, 0.1) is 24.4 Å². The van der Waals surface area contributed by atoms with Crippen LogP contribution in [-0.2, 0) is 14.8 Å². The van der Waals surface area contributed by atoms with E-state index in [1.807, 2.05) is 6.07 Å². The third-order valence-electron chi connectivity index (χ3n) is 2.66. The number of nitriles is 1. The highest BCUT2D eigenvalue weighted by Crippen LogP contribution is 2.23. The molecule has 1 aromatic carbocycles. The van der Waals surface area contributed by atoms with Gasteiger partial charge in [-0.1, -0.05) is 0 Å². The van der Waals surface area contributed by atoms with Gasteiger partial charge in [-0.3, -0.25) is 0 Å². The fourth-order valence-corrected chi connectivity index (χ4v) is 2.79. The third-order valence-corrected chi connectivity index (χ3v) is 4.59. The lowest BCUT2D eigenvalue weighted by atomic mass is 10.2. The Morgan fingerprint density at radius 3 is 2.65 bits per heavy atom. The first kappa shape index (κ1) is 15.9. The van der Waals surface area contributed by atoms with Crippen LogP contribution < -0.4 is 5.73 Å². The van der Waals surface area contributed by atoms with Crippen molar-refractivity contribution >= 4 is 21.7 Å². The van der Waals surface area contributed by atoms with Crippen LogP contribution in [0.4, 0.5) is 5.69 Å². The quantitative estimate of drug-likeness (QED) is 0.628. The molecule has 0 aliphatic heterocycles. The van der Waals surface area contributed by atoms with Crippen LogP contribution in [0.3, 0.4) is 0 Å². The van der Waals surface area contributed by atoms with Crippen molar-refractivity contribution in [1.82, 2.24) is 4.31 Å². The summed E-state index contributed by atoms with van der Waals surface area (Å²) in [5, 5.41) is 8.48. The van der Waals surface area contributed by atoms with E-state index in [0.29, 0.717) is 0 Å². The number of benzene rings is 1. The second-order valence-electron chi connectivity index (χ2n) is 3.98. The summed E-state index contributed by atoms with van der Waals surface area (Å²) < 4.78 is 30.0. The summed E-state index contributed by atoms with van der Waals surface area (Å²) in [4.78, 5) is 11.2. The molecule has 20 heavy (non-hydrogen) atoms. The second kappa shape index (κ2) is 6.36. The Morgan fingerprint density at radius 1 is 1.50 bits per heavy atom. The Morgan fingerprint density at radius 2 is 2.15 bits per heavy atom. The van der Waals surface area contributed by atoms with Crippen molar-refractivity contribution < 1.29 is 17.9 Å². The number of rotatable bonds is 5. The first-order valence-corrected chi connectivity index (χ1v) is 7.09. The minimum atomic E-state index is -3.79. The summed E-state index contributed by atoms with van der Waals surface area (Å²) in [6, 6.07) is 5.69. The van der Waals surface area contributed by atoms with Crippen molar-refractivity contribution in [2.75, 3.05) is 26.4 Å². The van der Waals surface area contributed by atoms with Gasteiger partial charge < -0.3 is 10.5 Å². The monoisotopic (exact) mass is 297 g/mol. The number of ether oxygens (including phenoxy) is 1. The lowest BCUT2D eigenvalue weighted by molar-refractivity contribution is 0.0600. The van der Waals surface area contributed by atoms with Crippen LogP contribution in [-0.4, -0.2) is 39.4 Å². The van der Waals surface area contributed by atoms with Crippen LogP contribution in [0.5, 0.6) is 0 Å². The van der Waals surface area contributed by atoms with Crippen LogP contribution in [0.15, 0.2) is 23.1 Å². The highest BCUT2D eigenvalue weighted by Gasteiger charge is 2.23. The van der Waals surface area contributed by atoms with E-state index in [2.05, 4.69) is 4.74 Å². The molecule has 0 aromatic heterocycles. The minimum Gasteiger partial charge on any atom is -0.465 e. The van der Waals surface area contributed by atoms with Gasteiger partial charge >= 0.3 is 5.97 Å². The molecule has 0 amide bonds. The summed E-state index contributed by atoms with van der Waals surface area (Å²) in [6.45, 7) is 0.0665. The molecule has 2 N–H and O–H groups in total. The van der Waals surface area contributed by atoms with Gasteiger partial charge in [-0.2, -0.15) is 9.57 Å². The number of carbonyl (C=O) groups is 1. The number of nitrogens with two attached hydrogens (primary N) is 1. The second-order valence-corrected chi connectivity index (χ2v) is 5.99. The van der Waals surface area contributed by atoms with Crippen molar-refractivity contribution in [3.63, 3.8) is 0 Å². The van der Waals surface area contributed by atoms with Gasteiger partial charge in [0.25, 0.3) is 0 Å². The summed E-state index contributed by atoms with van der Waals surface area (Å²) in [7, 11) is -1.20. The molecule has 0 radical (unpaired) electrons. The van der Waals surface area contributed by atoms with Gasteiger partial charge in [0, 0.05) is 20.0 Å². The van der Waals surface area contributed by atoms with Crippen molar-refractivity contribution in [2.24, 2.45) is 0 Å². The predicted octanol–water partition coefficient (Wildman–Crippen LogP) is 0.590. The summed E-state index contributed by atoms with van der Waals surface area (Å²) in [5.74, 6) is -0.599. The normalized spacial score (nSPS) is 11.1. The highest BCUT2D eigenvalue weighted by molar-refractivity contribution is 7.89. The van der Waals surface area contributed by atoms with Gasteiger partial charge in [0.15, 0.2) is 0 Å². The van der Waals surface area contributed by atoms with Crippen LogP contribution in [0.1, 0.15) is 16.8 Å². The molecular weight excluding hydrogens is 282 g/mol. The van der Waals surface area contributed by atoms with Crippen molar-refractivity contribution in [3.05, 3.63) is 23.8 Å². The maximum atomic E-state index is 12.2. The number of sulfonamides is 1. The first-order valence-electron chi connectivity index (χ1n) is 5.65. The molecule has 0 atom stereocenters. The summed E-state index contributed by atoms with van der Waals surface area (Å²) in [5.41, 5.74) is 5.81. The Hall–Kier alpha value is -2.11. The maximum absolute atomic E-state index is 12.2. The predicted molar refractivity (Wildman–Crippen MR) is 72.2 cm³/mol. The average molecular weight is 297 g/mol. The lowest BCUT2D eigenvalue weighted by Gasteiger charge is -2.17. The van der Waals surface area contributed by atoms with Crippen molar-refractivity contribution in [2.45, 2.75) is 11.3 Å². The Balaban J connectivity index is 3.14. The number of anilines is 1. The summed E-state index contributed by atoms with van der Waals surface area (Å²) >= 11 is 0. The molecular formula is C12H15N3O4S. The van der Waals surface area contributed by atoms with E-state index >= 15 is 0 Å². The zero-order valence-corrected chi connectivity index (χ0v) is 12.0. The van der Waals surface area contributed by atoms with E-state index in [9.17, 15) is 13.2 Å². The van der Waals surface area contributed by atoms with Gasteiger partial charge in [-0.15, -0.1) is 0 Å². The van der Waals surface area contributed by atoms with Gasteiger partial charge in [-0.05, 0) is 18.2 Å². The smallest absolute Gasteiger partial charge is 0.337 e. The van der Waals surface area contributed by atoms with Crippen LogP contribution >= 0.6 is 0 Å². The molecule has 0 unspecified atom stereocenters. The topological polar surface area (TPSA) is 113 Å². The van der Waals surface area contributed by atoms with Gasteiger partial charge in [0.2, 0.25) is 10.0 Å². The molecule has 1 rings (SSSR count). The molecule has 0 aliphatic rings. The molecule has 0 heterocycles. The molecule has 0 bridgehead atoms.